The fraction of sp³-hybridized carbons (Fsp3) is 0.333. The average molecular weight is 405 g/mol. The fourth-order valence-corrected chi connectivity index (χ4v) is 3.76. The van der Waals surface area contributed by atoms with Crippen LogP contribution in [0.5, 0.6) is 0 Å². The maximum absolute atomic E-state index is 12.9. The Balaban J connectivity index is 1.81. The molecule has 29 heavy (non-hydrogen) atoms. The lowest BCUT2D eigenvalue weighted by atomic mass is 9.94. The van der Waals surface area contributed by atoms with Gasteiger partial charge in [0.05, 0.1) is 17.7 Å². The maximum atomic E-state index is 12.9. The molecule has 1 aromatic heterocycles. The predicted molar refractivity (Wildman–Crippen MR) is 99.3 cm³/mol. The Hall–Kier alpha value is -3.03. The number of rotatable bonds is 3. The van der Waals surface area contributed by atoms with Gasteiger partial charge in [-0.15, -0.1) is 0 Å². The highest BCUT2D eigenvalue weighted by Crippen LogP contribution is 2.40. The zero-order chi connectivity index (χ0) is 20.8. The fourth-order valence-electron chi connectivity index (χ4n) is 3.76. The number of amides is 1. The molecule has 2 aromatic rings. The Morgan fingerprint density at radius 1 is 1.28 bits per heavy atom. The van der Waals surface area contributed by atoms with E-state index in [0.29, 0.717) is 29.7 Å². The topological polar surface area (TPSA) is 68.5 Å². The van der Waals surface area contributed by atoms with Gasteiger partial charge in [-0.1, -0.05) is 6.07 Å². The first-order valence-corrected chi connectivity index (χ1v) is 9.36. The SMILES string of the molecule is CCOC(=O)c1c(C=C2C(=O)Nc3cc(C(F)(F)F)ccc32)oc2c1CCCC2. The number of halogens is 3. The standard InChI is InChI=1S/C21H18F3NO4/c1-2-28-20(27)18-13-5-3-4-6-16(13)29-17(18)10-14-12-8-7-11(21(22,23)24)9-15(12)25-19(14)26/h7-10H,2-6H2,1H3,(H,25,26). The summed E-state index contributed by atoms with van der Waals surface area (Å²) >= 11 is 0. The molecule has 0 bridgehead atoms. The second-order valence-electron chi connectivity index (χ2n) is 6.94. The number of hydrogen-bond acceptors (Lipinski definition) is 4. The number of fused-ring (bicyclic) bond motifs is 2. The van der Waals surface area contributed by atoms with Gasteiger partial charge in [-0.25, -0.2) is 4.79 Å². The number of carbonyl (C=O) groups excluding carboxylic acids is 2. The normalized spacial score (nSPS) is 17.1. The summed E-state index contributed by atoms with van der Waals surface area (Å²) in [7, 11) is 0. The number of anilines is 1. The quantitative estimate of drug-likeness (QED) is 0.586. The molecule has 5 nitrogen and oxygen atoms in total. The highest BCUT2D eigenvalue weighted by atomic mass is 19.4. The van der Waals surface area contributed by atoms with Gasteiger partial charge in [0, 0.05) is 23.2 Å². The summed E-state index contributed by atoms with van der Waals surface area (Å²) < 4.78 is 49.9. The monoisotopic (exact) mass is 405 g/mol. The van der Waals surface area contributed by atoms with E-state index in [1.165, 1.54) is 12.1 Å². The molecule has 0 radical (unpaired) electrons. The first-order valence-electron chi connectivity index (χ1n) is 9.36. The first kappa shape index (κ1) is 19.3. The zero-order valence-corrected chi connectivity index (χ0v) is 15.6. The number of ether oxygens (including phenoxy) is 1. The van der Waals surface area contributed by atoms with Crippen LogP contribution in [0.3, 0.4) is 0 Å². The predicted octanol–water partition coefficient (Wildman–Crippen LogP) is 4.85. The number of furan rings is 1. The van der Waals surface area contributed by atoms with Crippen LogP contribution in [0.4, 0.5) is 18.9 Å². The van der Waals surface area contributed by atoms with E-state index in [-0.39, 0.29) is 23.6 Å². The van der Waals surface area contributed by atoms with Crippen LogP contribution in [0.1, 0.15) is 58.3 Å². The minimum absolute atomic E-state index is 0.0741. The van der Waals surface area contributed by atoms with Gasteiger partial charge >= 0.3 is 12.1 Å². The van der Waals surface area contributed by atoms with Crippen molar-refractivity contribution in [2.75, 3.05) is 11.9 Å². The third-order valence-electron chi connectivity index (χ3n) is 5.08. The van der Waals surface area contributed by atoms with E-state index >= 15 is 0 Å². The number of benzene rings is 1. The molecular weight excluding hydrogens is 387 g/mol. The van der Waals surface area contributed by atoms with Crippen molar-refractivity contribution >= 4 is 29.2 Å². The lowest BCUT2D eigenvalue weighted by molar-refractivity contribution is -0.137. The van der Waals surface area contributed by atoms with Gasteiger partial charge < -0.3 is 14.5 Å². The summed E-state index contributed by atoms with van der Waals surface area (Å²) in [5.74, 6) is -0.189. The van der Waals surface area contributed by atoms with E-state index < -0.39 is 23.6 Å². The Kier molecular flexibility index (Phi) is 4.72. The molecule has 0 saturated carbocycles. The largest absolute Gasteiger partial charge is 0.462 e. The van der Waals surface area contributed by atoms with E-state index in [2.05, 4.69) is 5.32 Å². The molecule has 0 unspecified atom stereocenters. The van der Waals surface area contributed by atoms with Gasteiger partial charge in [-0.3, -0.25) is 4.79 Å². The Morgan fingerprint density at radius 2 is 2.03 bits per heavy atom. The van der Waals surface area contributed by atoms with Gasteiger partial charge in [-0.05, 0) is 44.4 Å². The van der Waals surface area contributed by atoms with Crippen LogP contribution in [-0.2, 0) is 28.5 Å². The number of alkyl halides is 3. The van der Waals surface area contributed by atoms with Crippen molar-refractivity contribution in [3.8, 4) is 0 Å². The van der Waals surface area contributed by atoms with Crippen molar-refractivity contribution < 1.29 is 31.9 Å². The summed E-state index contributed by atoms with van der Waals surface area (Å²) in [6, 6.07) is 3.06. The van der Waals surface area contributed by atoms with E-state index in [0.717, 1.165) is 30.5 Å². The highest BCUT2D eigenvalue weighted by Gasteiger charge is 2.34. The average Bonchev–Trinajstić information content (AvgIpc) is 3.18. The maximum Gasteiger partial charge on any atom is 0.416 e. The van der Waals surface area contributed by atoms with Crippen LogP contribution in [-0.4, -0.2) is 18.5 Å². The molecule has 2 heterocycles. The van der Waals surface area contributed by atoms with Gasteiger partial charge in [0.25, 0.3) is 5.91 Å². The molecule has 8 heteroatoms. The molecule has 1 N–H and O–H groups in total. The summed E-state index contributed by atoms with van der Waals surface area (Å²) in [6.07, 6.45) is 0.111. The zero-order valence-electron chi connectivity index (χ0n) is 15.6. The number of esters is 1. The van der Waals surface area contributed by atoms with Crippen LogP contribution in [0.15, 0.2) is 22.6 Å². The van der Waals surface area contributed by atoms with E-state index in [4.69, 9.17) is 9.15 Å². The summed E-state index contributed by atoms with van der Waals surface area (Å²) in [5, 5.41) is 2.45. The van der Waals surface area contributed by atoms with Crippen molar-refractivity contribution in [3.05, 3.63) is 52.0 Å². The van der Waals surface area contributed by atoms with Crippen molar-refractivity contribution in [2.24, 2.45) is 0 Å². The van der Waals surface area contributed by atoms with E-state index in [1.54, 1.807) is 6.92 Å². The molecule has 0 spiro atoms. The van der Waals surface area contributed by atoms with Crippen molar-refractivity contribution in [1.82, 2.24) is 0 Å². The van der Waals surface area contributed by atoms with E-state index in [1.807, 2.05) is 0 Å². The van der Waals surface area contributed by atoms with Crippen LogP contribution >= 0.6 is 0 Å². The highest BCUT2D eigenvalue weighted by molar-refractivity contribution is 6.35. The Morgan fingerprint density at radius 3 is 2.76 bits per heavy atom. The summed E-state index contributed by atoms with van der Waals surface area (Å²) in [6.45, 7) is 1.89. The van der Waals surface area contributed by atoms with Gasteiger partial charge in [0.2, 0.25) is 0 Å². The molecule has 0 atom stereocenters. The third kappa shape index (κ3) is 3.43. The summed E-state index contributed by atoms with van der Waals surface area (Å²) in [5.41, 5.74) is 0.774. The molecule has 4 rings (SSSR count). The van der Waals surface area contributed by atoms with Gasteiger partial charge in [0.15, 0.2) is 0 Å². The molecule has 152 valence electrons. The van der Waals surface area contributed by atoms with Crippen LogP contribution in [0.25, 0.3) is 11.6 Å². The van der Waals surface area contributed by atoms with Crippen LogP contribution in [0.2, 0.25) is 0 Å². The lowest BCUT2D eigenvalue weighted by Crippen LogP contribution is -2.10. The molecule has 1 aromatic carbocycles. The van der Waals surface area contributed by atoms with Crippen molar-refractivity contribution in [3.63, 3.8) is 0 Å². The molecule has 1 aliphatic carbocycles. The molecule has 1 aliphatic heterocycles. The Bertz CT molecular complexity index is 1030. The van der Waals surface area contributed by atoms with Crippen molar-refractivity contribution in [2.45, 2.75) is 38.8 Å². The minimum atomic E-state index is -4.51. The first-order chi connectivity index (χ1) is 13.8. The lowest BCUT2D eigenvalue weighted by Gasteiger charge is -2.10. The van der Waals surface area contributed by atoms with Crippen molar-refractivity contribution in [1.29, 1.82) is 0 Å². The molecule has 1 amide bonds. The number of hydrogen-bond donors (Lipinski definition) is 1. The van der Waals surface area contributed by atoms with E-state index in [9.17, 15) is 22.8 Å². The molecule has 2 aliphatic rings. The Labute approximate surface area is 164 Å². The third-order valence-corrected chi connectivity index (χ3v) is 5.08. The van der Waals surface area contributed by atoms with Gasteiger partial charge in [0.1, 0.15) is 17.1 Å². The number of nitrogens with one attached hydrogen (secondary N) is 1. The van der Waals surface area contributed by atoms with Crippen LogP contribution < -0.4 is 5.32 Å². The number of aryl methyl sites for hydroxylation is 1. The number of carbonyl (C=O) groups is 2. The second-order valence-corrected chi connectivity index (χ2v) is 6.94. The molecule has 0 saturated heterocycles. The van der Waals surface area contributed by atoms with Gasteiger partial charge in [-0.2, -0.15) is 13.2 Å². The summed E-state index contributed by atoms with van der Waals surface area (Å²) in [4.78, 5) is 24.9. The second kappa shape index (κ2) is 7.09. The van der Waals surface area contributed by atoms with Crippen LogP contribution in [0, 0.1) is 0 Å². The smallest absolute Gasteiger partial charge is 0.416 e. The molecular formula is C21H18F3NO4. The molecule has 0 fully saturated rings. The minimum Gasteiger partial charge on any atom is -0.462 e.